The highest BCUT2D eigenvalue weighted by Crippen LogP contribution is 2.22. The molecule has 0 N–H and O–H groups in total. The zero-order chi connectivity index (χ0) is 17.9. The number of nitrogens with zero attached hydrogens (tertiary/aromatic N) is 1. The Morgan fingerprint density at radius 2 is 1.76 bits per heavy atom. The average Bonchev–Trinajstić information content (AvgIpc) is 3.11. The number of hydrogen-bond donors (Lipinski definition) is 0. The molecule has 0 unspecified atom stereocenters. The first-order valence-corrected chi connectivity index (χ1v) is 9.65. The van der Waals surface area contributed by atoms with E-state index in [1.165, 1.54) is 4.31 Å². The van der Waals surface area contributed by atoms with Crippen LogP contribution in [0.3, 0.4) is 0 Å². The summed E-state index contributed by atoms with van der Waals surface area (Å²) in [6.07, 6.45) is 3.82. The topological polar surface area (TPSA) is 37.4 Å². The van der Waals surface area contributed by atoms with Crippen molar-refractivity contribution in [1.29, 1.82) is 0 Å². The van der Waals surface area contributed by atoms with Gasteiger partial charge in [-0.3, -0.25) is 0 Å². The molecule has 3 rings (SSSR count). The van der Waals surface area contributed by atoms with E-state index in [9.17, 15) is 8.42 Å². The number of benzene rings is 2. The molecule has 3 nitrogen and oxygen atoms in total. The van der Waals surface area contributed by atoms with Gasteiger partial charge in [0.2, 0.25) is 10.0 Å². The van der Waals surface area contributed by atoms with Gasteiger partial charge in [0.05, 0.1) is 4.90 Å². The molecule has 0 radical (unpaired) electrons. The number of sulfonamides is 1. The minimum Gasteiger partial charge on any atom is -0.207 e. The Kier molecular flexibility index (Phi) is 5.05. The Labute approximate surface area is 149 Å². The molecule has 1 aliphatic rings. The van der Waals surface area contributed by atoms with Crippen molar-refractivity contribution in [3.63, 3.8) is 0 Å². The minimum absolute atomic E-state index is 0.340. The molecule has 4 heteroatoms. The second kappa shape index (κ2) is 7.24. The fourth-order valence-electron chi connectivity index (χ4n) is 2.67. The summed E-state index contributed by atoms with van der Waals surface area (Å²) in [5.74, 6) is 0. The third kappa shape index (κ3) is 3.99. The summed E-state index contributed by atoms with van der Waals surface area (Å²) in [7, 11) is -3.45. The van der Waals surface area contributed by atoms with E-state index in [1.54, 1.807) is 12.1 Å². The molecule has 0 fully saturated rings. The lowest BCUT2D eigenvalue weighted by Crippen LogP contribution is -2.29. The van der Waals surface area contributed by atoms with Gasteiger partial charge in [-0.2, -0.15) is 4.31 Å². The van der Waals surface area contributed by atoms with Gasteiger partial charge in [-0.1, -0.05) is 54.1 Å². The summed E-state index contributed by atoms with van der Waals surface area (Å²) in [5.41, 5.74) is 7.41. The van der Waals surface area contributed by atoms with Crippen LogP contribution in [0.5, 0.6) is 0 Å². The monoisotopic (exact) mass is 351 g/mol. The molecule has 2 aromatic carbocycles. The molecular weight excluding hydrogens is 330 g/mol. The summed E-state index contributed by atoms with van der Waals surface area (Å²) in [6.45, 7) is 4.72. The van der Waals surface area contributed by atoms with Crippen LogP contribution in [0.2, 0.25) is 0 Å². The molecule has 2 aromatic rings. The van der Waals surface area contributed by atoms with Crippen LogP contribution in [0.1, 0.15) is 18.1 Å². The van der Waals surface area contributed by atoms with Crippen molar-refractivity contribution in [2.45, 2.75) is 18.7 Å². The minimum atomic E-state index is -3.45. The third-order valence-corrected chi connectivity index (χ3v) is 6.08. The predicted octanol–water partition coefficient (Wildman–Crippen LogP) is 4.18. The summed E-state index contributed by atoms with van der Waals surface area (Å²) >= 11 is 0. The van der Waals surface area contributed by atoms with Gasteiger partial charge in [0, 0.05) is 13.1 Å². The van der Waals surface area contributed by atoms with Gasteiger partial charge in [-0.15, -0.1) is 5.73 Å². The lowest BCUT2D eigenvalue weighted by molar-refractivity contribution is 0.485. The van der Waals surface area contributed by atoms with Gasteiger partial charge in [0.1, 0.15) is 0 Å². The predicted molar refractivity (Wildman–Crippen MR) is 102 cm³/mol. The van der Waals surface area contributed by atoms with E-state index in [2.05, 4.69) is 5.73 Å². The molecule has 0 saturated heterocycles. The third-order valence-electron chi connectivity index (χ3n) is 4.26. The van der Waals surface area contributed by atoms with Gasteiger partial charge in [0.25, 0.3) is 0 Å². The second-order valence-corrected chi connectivity index (χ2v) is 8.11. The van der Waals surface area contributed by atoms with Crippen LogP contribution in [-0.2, 0) is 10.0 Å². The summed E-state index contributed by atoms with van der Waals surface area (Å²) in [4.78, 5) is 0.340. The van der Waals surface area contributed by atoms with Crippen molar-refractivity contribution in [3.05, 3.63) is 89.2 Å². The van der Waals surface area contributed by atoms with Crippen LogP contribution in [0.15, 0.2) is 82.9 Å². The van der Waals surface area contributed by atoms with E-state index in [-0.39, 0.29) is 0 Å². The van der Waals surface area contributed by atoms with Crippen LogP contribution in [0.4, 0.5) is 0 Å². The maximum atomic E-state index is 12.7. The summed E-state index contributed by atoms with van der Waals surface area (Å²) in [5, 5.41) is 0. The smallest absolute Gasteiger partial charge is 0.207 e. The van der Waals surface area contributed by atoms with Gasteiger partial charge < -0.3 is 0 Å². The molecule has 0 spiro atoms. The first kappa shape index (κ1) is 17.4. The molecule has 0 aromatic heterocycles. The first-order valence-electron chi connectivity index (χ1n) is 8.21. The van der Waals surface area contributed by atoms with Crippen molar-refractivity contribution in [2.24, 2.45) is 0 Å². The molecule has 25 heavy (non-hydrogen) atoms. The average molecular weight is 351 g/mol. The van der Waals surface area contributed by atoms with E-state index in [0.29, 0.717) is 18.0 Å². The Bertz CT molecular complexity index is 949. The van der Waals surface area contributed by atoms with Crippen LogP contribution in [0, 0.1) is 6.92 Å². The van der Waals surface area contributed by atoms with Gasteiger partial charge in [-0.05, 0) is 48.8 Å². The van der Waals surface area contributed by atoms with Gasteiger partial charge in [0.15, 0.2) is 0 Å². The van der Waals surface area contributed by atoms with Crippen LogP contribution in [0.25, 0.3) is 5.57 Å². The van der Waals surface area contributed by atoms with Crippen molar-refractivity contribution >= 4 is 15.6 Å². The largest absolute Gasteiger partial charge is 0.243 e. The summed E-state index contributed by atoms with van der Waals surface area (Å²) in [6, 6.07) is 17.0. The molecule has 0 saturated carbocycles. The fourth-order valence-corrected chi connectivity index (χ4v) is 4.04. The highest BCUT2D eigenvalue weighted by atomic mass is 32.2. The SMILES string of the molecule is CC(=C=CC1=CCN(S(=O)(=O)c2ccc(C)cc2)C1)c1ccccc1. The lowest BCUT2D eigenvalue weighted by Gasteiger charge is -2.16. The zero-order valence-electron chi connectivity index (χ0n) is 14.4. The van der Waals surface area contributed by atoms with Crippen LogP contribution >= 0.6 is 0 Å². The molecule has 0 bridgehead atoms. The van der Waals surface area contributed by atoms with E-state index < -0.39 is 10.0 Å². The lowest BCUT2D eigenvalue weighted by atomic mass is 10.1. The van der Waals surface area contributed by atoms with Crippen molar-refractivity contribution in [3.8, 4) is 0 Å². The van der Waals surface area contributed by atoms with E-state index in [4.69, 9.17) is 0 Å². The highest BCUT2D eigenvalue weighted by Gasteiger charge is 2.27. The molecular formula is C21H21NO2S. The van der Waals surface area contributed by atoms with Crippen LogP contribution < -0.4 is 0 Å². The van der Waals surface area contributed by atoms with Crippen molar-refractivity contribution in [2.75, 3.05) is 13.1 Å². The molecule has 1 aliphatic heterocycles. The molecule has 0 aliphatic carbocycles. The maximum absolute atomic E-state index is 12.7. The normalized spacial score (nSPS) is 14.7. The Hall–Kier alpha value is -2.39. The Morgan fingerprint density at radius 1 is 1.08 bits per heavy atom. The Balaban J connectivity index is 1.75. The van der Waals surface area contributed by atoms with Gasteiger partial charge >= 0.3 is 0 Å². The number of rotatable bonds is 4. The highest BCUT2D eigenvalue weighted by molar-refractivity contribution is 7.89. The van der Waals surface area contributed by atoms with Crippen LogP contribution in [-0.4, -0.2) is 25.8 Å². The number of hydrogen-bond acceptors (Lipinski definition) is 2. The molecule has 128 valence electrons. The molecule has 1 heterocycles. The fraction of sp³-hybridized carbons (Fsp3) is 0.190. The van der Waals surface area contributed by atoms with Crippen molar-refractivity contribution < 1.29 is 8.42 Å². The molecule has 0 amide bonds. The second-order valence-electron chi connectivity index (χ2n) is 6.17. The zero-order valence-corrected chi connectivity index (χ0v) is 15.3. The van der Waals surface area contributed by atoms with E-state index in [1.807, 2.05) is 68.5 Å². The van der Waals surface area contributed by atoms with Gasteiger partial charge in [-0.25, -0.2) is 8.42 Å². The first-order chi connectivity index (χ1) is 12.0. The Morgan fingerprint density at radius 3 is 2.44 bits per heavy atom. The van der Waals surface area contributed by atoms with E-state index in [0.717, 1.165) is 22.3 Å². The van der Waals surface area contributed by atoms with Crippen molar-refractivity contribution in [1.82, 2.24) is 4.31 Å². The number of aryl methyl sites for hydroxylation is 1. The summed E-state index contributed by atoms with van der Waals surface area (Å²) < 4.78 is 26.9. The molecule has 0 atom stereocenters. The standard InChI is InChI=1S/C21H21NO2S/c1-17-8-12-21(13-9-17)25(23,24)22-15-14-19(16-22)11-10-18(2)20-6-4-3-5-7-20/h3-9,11-14H,15-16H2,1-2H3. The maximum Gasteiger partial charge on any atom is 0.243 e. The van der Waals surface area contributed by atoms with E-state index >= 15 is 0 Å². The quantitative estimate of drug-likeness (QED) is 0.775.